The van der Waals surface area contributed by atoms with Crippen LogP contribution in [0.2, 0.25) is 0 Å². The number of rotatable bonds is 7. The van der Waals surface area contributed by atoms with E-state index in [4.69, 9.17) is 9.47 Å². The van der Waals surface area contributed by atoms with Gasteiger partial charge >= 0.3 is 5.97 Å². The summed E-state index contributed by atoms with van der Waals surface area (Å²) in [7, 11) is 1.21. The van der Waals surface area contributed by atoms with Crippen molar-refractivity contribution < 1.29 is 28.6 Å². The maximum atomic E-state index is 12.6. The van der Waals surface area contributed by atoms with Crippen molar-refractivity contribution in [3.8, 4) is 11.5 Å². The van der Waals surface area contributed by atoms with Gasteiger partial charge in [-0.2, -0.15) is 0 Å². The minimum Gasteiger partial charge on any atom is -0.490 e. The van der Waals surface area contributed by atoms with Crippen molar-refractivity contribution in [1.29, 1.82) is 0 Å². The second-order valence-electron chi connectivity index (χ2n) is 5.44. The van der Waals surface area contributed by atoms with Crippen LogP contribution in [0.1, 0.15) is 26.3 Å². The first kappa shape index (κ1) is 21.3. The van der Waals surface area contributed by atoms with Gasteiger partial charge in [0, 0.05) is 4.47 Å². The summed E-state index contributed by atoms with van der Waals surface area (Å²) in [6.07, 6.45) is 1.58. The molecule has 1 saturated heterocycles. The summed E-state index contributed by atoms with van der Waals surface area (Å²) in [5.74, 6) is -0.0761. The van der Waals surface area contributed by atoms with Crippen LogP contribution in [0, 0.1) is 0 Å². The minimum absolute atomic E-state index is 0.211. The summed E-state index contributed by atoms with van der Waals surface area (Å²) in [6.45, 7) is 6.11. The molecule has 9 heteroatoms. The van der Waals surface area contributed by atoms with Crippen LogP contribution in [-0.2, 0) is 14.3 Å². The van der Waals surface area contributed by atoms with E-state index >= 15 is 0 Å². The predicted molar refractivity (Wildman–Crippen MR) is 106 cm³/mol. The van der Waals surface area contributed by atoms with E-state index in [1.807, 2.05) is 13.8 Å². The monoisotopic (exact) mass is 457 g/mol. The number of esters is 1. The van der Waals surface area contributed by atoms with Crippen LogP contribution in [0.4, 0.5) is 4.79 Å². The van der Waals surface area contributed by atoms with Crippen LogP contribution in [0.5, 0.6) is 11.5 Å². The molecule has 1 aromatic carbocycles. The van der Waals surface area contributed by atoms with Gasteiger partial charge in [-0.05, 0) is 56.3 Å². The number of carbonyl (C=O) groups excluding carboxylic acids is 3. The highest BCUT2D eigenvalue weighted by Crippen LogP contribution is 2.38. The van der Waals surface area contributed by atoms with Crippen molar-refractivity contribution in [2.75, 3.05) is 20.3 Å². The van der Waals surface area contributed by atoms with Crippen molar-refractivity contribution in [3.05, 3.63) is 27.1 Å². The molecule has 1 atom stereocenters. The number of amides is 2. The van der Waals surface area contributed by atoms with Crippen LogP contribution < -0.4 is 9.47 Å². The third-order valence-electron chi connectivity index (χ3n) is 3.70. The summed E-state index contributed by atoms with van der Waals surface area (Å²) < 4.78 is 16.5. The third-order valence-corrected chi connectivity index (χ3v) is 5.27. The van der Waals surface area contributed by atoms with Crippen molar-refractivity contribution in [2.24, 2.45) is 0 Å². The highest BCUT2D eigenvalue weighted by Gasteiger charge is 2.41. The highest BCUT2D eigenvalue weighted by atomic mass is 79.9. The molecule has 0 unspecified atom stereocenters. The lowest BCUT2D eigenvalue weighted by molar-refractivity contribution is -0.148. The van der Waals surface area contributed by atoms with Gasteiger partial charge in [0.25, 0.3) is 11.1 Å². The Morgan fingerprint density at radius 3 is 2.37 bits per heavy atom. The topological polar surface area (TPSA) is 82.1 Å². The predicted octanol–water partition coefficient (Wildman–Crippen LogP) is 3.84. The Hall–Kier alpha value is -2.00. The van der Waals surface area contributed by atoms with Crippen molar-refractivity contribution in [3.63, 3.8) is 0 Å². The summed E-state index contributed by atoms with van der Waals surface area (Å²) in [5.41, 5.74) is 0.651. The number of benzene rings is 1. The number of halogens is 1. The van der Waals surface area contributed by atoms with Gasteiger partial charge in [0.2, 0.25) is 0 Å². The maximum Gasteiger partial charge on any atom is 0.328 e. The Balaban J connectivity index is 2.38. The van der Waals surface area contributed by atoms with E-state index in [1.54, 1.807) is 18.2 Å². The van der Waals surface area contributed by atoms with Gasteiger partial charge < -0.3 is 14.2 Å². The third kappa shape index (κ3) is 4.65. The van der Waals surface area contributed by atoms with Crippen molar-refractivity contribution in [1.82, 2.24) is 4.90 Å². The first-order valence-electron chi connectivity index (χ1n) is 8.28. The summed E-state index contributed by atoms with van der Waals surface area (Å²) in [6, 6.07) is 2.49. The molecule has 0 bridgehead atoms. The van der Waals surface area contributed by atoms with Crippen LogP contribution >= 0.6 is 27.7 Å². The number of methoxy groups -OCH3 is 1. The lowest BCUT2D eigenvalue weighted by Gasteiger charge is -2.18. The molecule has 0 spiro atoms. The van der Waals surface area contributed by atoms with Gasteiger partial charge in [0.05, 0.1) is 25.2 Å². The van der Waals surface area contributed by atoms with E-state index in [1.165, 1.54) is 14.0 Å². The summed E-state index contributed by atoms with van der Waals surface area (Å²) in [5, 5.41) is -0.517. The molecule has 1 heterocycles. The molecule has 2 amide bonds. The largest absolute Gasteiger partial charge is 0.490 e. The molecule has 1 aliphatic heterocycles. The van der Waals surface area contributed by atoms with E-state index in [0.29, 0.717) is 34.7 Å². The summed E-state index contributed by atoms with van der Waals surface area (Å²) in [4.78, 5) is 37.6. The fraction of sp³-hybridized carbons (Fsp3) is 0.389. The fourth-order valence-electron chi connectivity index (χ4n) is 2.43. The molecule has 1 aliphatic rings. The molecule has 27 heavy (non-hydrogen) atoms. The zero-order chi connectivity index (χ0) is 20.1. The Morgan fingerprint density at radius 2 is 1.81 bits per heavy atom. The zero-order valence-corrected chi connectivity index (χ0v) is 17.8. The average molecular weight is 458 g/mol. The smallest absolute Gasteiger partial charge is 0.328 e. The molecule has 146 valence electrons. The van der Waals surface area contributed by atoms with Crippen LogP contribution in [0.25, 0.3) is 6.08 Å². The summed E-state index contributed by atoms with van der Waals surface area (Å²) >= 11 is 4.22. The van der Waals surface area contributed by atoms with Crippen molar-refractivity contribution >= 4 is 50.9 Å². The number of carbonyl (C=O) groups is 3. The van der Waals surface area contributed by atoms with E-state index in [-0.39, 0.29) is 4.91 Å². The minimum atomic E-state index is -0.990. The van der Waals surface area contributed by atoms with Crippen LogP contribution in [0.15, 0.2) is 21.5 Å². The quantitative estimate of drug-likeness (QED) is 0.454. The normalized spacial score (nSPS) is 16.6. The number of thioether (sulfide) groups is 1. The van der Waals surface area contributed by atoms with E-state index in [2.05, 4.69) is 20.7 Å². The number of hydrogen-bond acceptors (Lipinski definition) is 7. The Kier molecular flexibility index (Phi) is 7.32. The molecule has 2 rings (SSSR count). The zero-order valence-electron chi connectivity index (χ0n) is 15.4. The molecule has 1 fully saturated rings. The van der Waals surface area contributed by atoms with E-state index in [0.717, 1.165) is 16.7 Å². The average Bonchev–Trinajstić information content (AvgIpc) is 2.91. The van der Waals surface area contributed by atoms with Crippen molar-refractivity contribution in [2.45, 2.75) is 26.8 Å². The van der Waals surface area contributed by atoms with Gasteiger partial charge in [-0.3, -0.25) is 14.5 Å². The first-order chi connectivity index (χ1) is 12.8. The van der Waals surface area contributed by atoms with Gasteiger partial charge in [-0.1, -0.05) is 15.9 Å². The number of nitrogens with zero attached hydrogens (tertiary/aromatic N) is 1. The molecule has 0 N–H and O–H groups in total. The van der Waals surface area contributed by atoms with Crippen LogP contribution in [0.3, 0.4) is 0 Å². The second-order valence-corrected chi connectivity index (χ2v) is 7.28. The molecule has 1 aromatic rings. The standard InChI is InChI=1S/C18H20BrNO6S/c1-5-25-13-7-11(12(19)9-14(13)26-6-2)8-15-16(21)20(18(23)27-15)10(3)17(22)24-4/h7-10H,5-6H2,1-4H3/b15-8+/t10-/m0/s1. The number of hydrogen-bond donors (Lipinski definition) is 0. The lowest BCUT2D eigenvalue weighted by Crippen LogP contribution is -2.42. The van der Waals surface area contributed by atoms with E-state index < -0.39 is 23.2 Å². The molecular formula is C18H20BrNO6S. The van der Waals surface area contributed by atoms with Crippen LogP contribution in [-0.4, -0.2) is 48.4 Å². The Bertz CT molecular complexity index is 794. The maximum absolute atomic E-state index is 12.6. The number of imide groups is 1. The molecule has 0 radical (unpaired) electrons. The SMILES string of the molecule is CCOc1cc(Br)c(/C=C2/SC(=O)N([C@@H](C)C(=O)OC)C2=O)cc1OCC. The fourth-order valence-corrected chi connectivity index (χ4v) is 3.76. The highest BCUT2D eigenvalue weighted by molar-refractivity contribution is 9.10. The van der Waals surface area contributed by atoms with E-state index in [9.17, 15) is 14.4 Å². The van der Waals surface area contributed by atoms with Gasteiger partial charge in [-0.25, -0.2) is 4.79 Å². The molecule has 0 aromatic heterocycles. The molecule has 0 aliphatic carbocycles. The molecule has 7 nitrogen and oxygen atoms in total. The number of ether oxygens (including phenoxy) is 3. The van der Waals surface area contributed by atoms with Gasteiger partial charge in [0.15, 0.2) is 11.5 Å². The second kappa shape index (κ2) is 9.27. The molecular weight excluding hydrogens is 438 g/mol. The van der Waals surface area contributed by atoms with Gasteiger partial charge in [-0.15, -0.1) is 0 Å². The van der Waals surface area contributed by atoms with Gasteiger partial charge in [0.1, 0.15) is 6.04 Å². The Morgan fingerprint density at radius 1 is 1.22 bits per heavy atom. The Labute approximate surface area is 170 Å². The first-order valence-corrected chi connectivity index (χ1v) is 9.88. The molecule has 0 saturated carbocycles. The lowest BCUT2D eigenvalue weighted by atomic mass is 10.1.